The fraction of sp³-hybridized carbons (Fsp3) is 0.647. The molecule has 1 heterocycles. The van der Waals surface area contributed by atoms with Gasteiger partial charge in [0.2, 0.25) is 0 Å². The Morgan fingerprint density at radius 1 is 1.04 bits per heavy atom. The van der Waals surface area contributed by atoms with E-state index in [4.69, 9.17) is 14.9 Å². The first-order chi connectivity index (χ1) is 11.7. The molecule has 0 aromatic carbocycles. The van der Waals surface area contributed by atoms with Crippen molar-refractivity contribution in [3.05, 3.63) is 11.8 Å². The first-order valence-corrected chi connectivity index (χ1v) is 8.11. The molecule has 0 saturated carbocycles. The molecule has 2 atom stereocenters. The number of aliphatic carboxylic acids is 3. The number of esters is 1. The van der Waals surface area contributed by atoms with Gasteiger partial charge in [-0.25, -0.2) is 0 Å². The van der Waals surface area contributed by atoms with Crippen LogP contribution in [0.25, 0.3) is 0 Å². The zero-order chi connectivity index (χ0) is 20.3. The van der Waals surface area contributed by atoms with Gasteiger partial charge in [0.15, 0.2) is 0 Å². The van der Waals surface area contributed by atoms with E-state index in [1.807, 2.05) is 27.7 Å². The van der Waals surface area contributed by atoms with E-state index in [0.717, 1.165) is 0 Å². The van der Waals surface area contributed by atoms with Crippen molar-refractivity contribution in [3.63, 3.8) is 0 Å². The van der Waals surface area contributed by atoms with Gasteiger partial charge >= 0.3 is 23.9 Å². The molecule has 0 saturated heterocycles. The summed E-state index contributed by atoms with van der Waals surface area (Å²) >= 11 is 0. The summed E-state index contributed by atoms with van der Waals surface area (Å²) in [4.78, 5) is 45.6. The predicted molar refractivity (Wildman–Crippen MR) is 89.2 cm³/mol. The summed E-state index contributed by atoms with van der Waals surface area (Å²) < 4.78 is 5.26. The first kappa shape index (κ1) is 21.6. The van der Waals surface area contributed by atoms with Crippen LogP contribution in [0.5, 0.6) is 0 Å². The van der Waals surface area contributed by atoms with Crippen molar-refractivity contribution >= 4 is 23.9 Å². The Morgan fingerprint density at radius 3 is 1.96 bits per heavy atom. The lowest BCUT2D eigenvalue weighted by atomic mass is 9.86. The fourth-order valence-corrected chi connectivity index (χ4v) is 3.27. The van der Waals surface area contributed by atoms with Crippen LogP contribution in [0.1, 0.15) is 47.0 Å². The van der Waals surface area contributed by atoms with Gasteiger partial charge in [-0.05, 0) is 33.8 Å². The molecule has 1 aliphatic heterocycles. The Morgan fingerprint density at radius 2 is 1.54 bits per heavy atom. The molecule has 26 heavy (non-hydrogen) atoms. The quantitative estimate of drug-likeness (QED) is 0.462. The van der Waals surface area contributed by atoms with E-state index < -0.39 is 54.1 Å². The van der Waals surface area contributed by atoms with Crippen LogP contribution in [0.15, 0.2) is 11.8 Å². The van der Waals surface area contributed by atoms with E-state index in [1.54, 1.807) is 6.08 Å². The summed E-state index contributed by atoms with van der Waals surface area (Å²) in [5.41, 5.74) is -0.802. The minimum atomic E-state index is -1.73. The molecule has 0 aromatic heterocycles. The van der Waals surface area contributed by atoms with Crippen LogP contribution >= 0.6 is 0 Å². The second-order valence-electron chi connectivity index (χ2n) is 7.68. The minimum absolute atomic E-state index is 0.354. The molecule has 0 aliphatic carbocycles. The van der Waals surface area contributed by atoms with Gasteiger partial charge < -0.3 is 25.4 Å². The molecule has 0 spiro atoms. The highest BCUT2D eigenvalue weighted by Gasteiger charge is 2.39. The lowest BCUT2D eigenvalue weighted by Gasteiger charge is -2.40. The number of hydrogen-bond acceptors (Lipinski definition) is 6. The molecular weight excluding hydrogens is 346 g/mol. The van der Waals surface area contributed by atoms with Gasteiger partial charge in [-0.15, -0.1) is 0 Å². The second-order valence-corrected chi connectivity index (χ2v) is 7.68. The number of hydrogen-bond donors (Lipinski definition) is 4. The van der Waals surface area contributed by atoms with E-state index in [-0.39, 0.29) is 5.54 Å². The van der Waals surface area contributed by atoms with E-state index in [1.165, 1.54) is 0 Å². The van der Waals surface area contributed by atoms with Gasteiger partial charge in [0.1, 0.15) is 5.76 Å². The molecule has 2 unspecified atom stereocenters. The Bertz CT molecular complexity index is 635. The van der Waals surface area contributed by atoms with E-state index in [9.17, 15) is 24.3 Å². The van der Waals surface area contributed by atoms with Crippen LogP contribution in [0.3, 0.4) is 0 Å². The Labute approximate surface area is 151 Å². The standard InChI is InChI=1S/C17H25NO8/c1-16(2)7-9(8-17(3,4)18-16)26-13(21)6-11(15(24)25)10(14(22)23)5-12(19)20/h7,10-11,18H,5-6,8H2,1-4H3,(H,19,20)(H,22,23)(H,24,25). The monoisotopic (exact) mass is 371 g/mol. The topological polar surface area (TPSA) is 150 Å². The average molecular weight is 371 g/mol. The normalized spacial score (nSPS) is 20.4. The van der Waals surface area contributed by atoms with Crippen molar-refractivity contribution in [2.75, 3.05) is 0 Å². The lowest BCUT2D eigenvalue weighted by molar-refractivity contribution is -0.160. The molecule has 0 radical (unpaired) electrons. The summed E-state index contributed by atoms with van der Waals surface area (Å²) in [7, 11) is 0. The maximum Gasteiger partial charge on any atom is 0.311 e. The summed E-state index contributed by atoms with van der Waals surface area (Å²) in [6, 6.07) is 0. The van der Waals surface area contributed by atoms with Crippen LogP contribution in [-0.2, 0) is 23.9 Å². The predicted octanol–water partition coefficient (Wildman–Crippen LogP) is 1.23. The molecule has 0 bridgehead atoms. The number of carboxylic acids is 3. The summed E-state index contributed by atoms with van der Waals surface area (Å²) in [6.45, 7) is 7.61. The SMILES string of the molecule is CC1(C)C=C(OC(=O)CC(C(=O)O)C(CC(=O)O)C(=O)O)CC(C)(C)N1. The molecule has 0 amide bonds. The zero-order valence-corrected chi connectivity index (χ0v) is 15.2. The molecule has 1 aliphatic rings. The molecule has 9 heteroatoms. The third-order valence-corrected chi connectivity index (χ3v) is 3.94. The van der Waals surface area contributed by atoms with Crippen LogP contribution in [0.4, 0.5) is 0 Å². The third kappa shape index (κ3) is 6.47. The van der Waals surface area contributed by atoms with Crippen LogP contribution in [0, 0.1) is 11.8 Å². The minimum Gasteiger partial charge on any atom is -0.481 e. The lowest BCUT2D eigenvalue weighted by Crippen LogP contribution is -2.54. The van der Waals surface area contributed by atoms with Crippen molar-refractivity contribution in [1.82, 2.24) is 5.32 Å². The van der Waals surface area contributed by atoms with E-state index >= 15 is 0 Å². The number of rotatable bonds is 8. The largest absolute Gasteiger partial charge is 0.481 e. The Balaban J connectivity index is 2.91. The Kier molecular flexibility index (Phi) is 6.54. The molecular formula is C17H25NO8. The third-order valence-electron chi connectivity index (χ3n) is 3.94. The number of carboxylic acid groups (broad SMARTS) is 3. The van der Waals surface area contributed by atoms with Crippen LogP contribution < -0.4 is 5.32 Å². The summed E-state index contributed by atoms with van der Waals surface area (Å²) in [6.07, 6.45) is 0.465. The zero-order valence-electron chi connectivity index (χ0n) is 15.2. The highest BCUT2D eigenvalue weighted by atomic mass is 16.5. The maximum atomic E-state index is 12.2. The molecule has 4 N–H and O–H groups in total. The molecule has 9 nitrogen and oxygen atoms in total. The van der Waals surface area contributed by atoms with Crippen molar-refractivity contribution in [1.29, 1.82) is 0 Å². The van der Waals surface area contributed by atoms with Crippen LogP contribution in [0.2, 0.25) is 0 Å². The van der Waals surface area contributed by atoms with Gasteiger partial charge in [-0.3, -0.25) is 19.2 Å². The van der Waals surface area contributed by atoms with Gasteiger partial charge in [-0.1, -0.05) is 0 Å². The fourth-order valence-electron chi connectivity index (χ4n) is 3.27. The number of nitrogens with one attached hydrogen (secondary N) is 1. The first-order valence-electron chi connectivity index (χ1n) is 8.11. The molecule has 0 fully saturated rings. The Hall–Kier alpha value is -2.42. The van der Waals surface area contributed by atoms with Crippen molar-refractivity contribution < 1.29 is 39.2 Å². The number of carbonyl (C=O) groups is 4. The van der Waals surface area contributed by atoms with Crippen molar-refractivity contribution in [2.45, 2.75) is 58.0 Å². The smallest absolute Gasteiger partial charge is 0.311 e. The molecule has 146 valence electrons. The highest BCUT2D eigenvalue weighted by molar-refractivity contribution is 5.87. The van der Waals surface area contributed by atoms with Gasteiger partial charge in [0, 0.05) is 17.5 Å². The van der Waals surface area contributed by atoms with Gasteiger partial charge in [0.25, 0.3) is 0 Å². The van der Waals surface area contributed by atoms with E-state index in [2.05, 4.69) is 5.32 Å². The van der Waals surface area contributed by atoms with Crippen LogP contribution in [-0.4, -0.2) is 50.3 Å². The molecule has 0 aromatic rings. The molecule has 1 rings (SSSR count). The highest BCUT2D eigenvalue weighted by Crippen LogP contribution is 2.29. The van der Waals surface area contributed by atoms with Crippen molar-refractivity contribution in [3.8, 4) is 0 Å². The summed E-state index contributed by atoms with van der Waals surface area (Å²) in [5, 5.41) is 30.5. The number of ether oxygens (including phenoxy) is 1. The maximum absolute atomic E-state index is 12.2. The van der Waals surface area contributed by atoms with Crippen molar-refractivity contribution in [2.24, 2.45) is 11.8 Å². The second kappa shape index (κ2) is 7.86. The van der Waals surface area contributed by atoms with Gasteiger partial charge in [0.05, 0.1) is 24.7 Å². The van der Waals surface area contributed by atoms with E-state index in [0.29, 0.717) is 12.2 Å². The summed E-state index contributed by atoms with van der Waals surface area (Å²) in [5.74, 6) is -8.58. The van der Waals surface area contributed by atoms with Gasteiger partial charge in [-0.2, -0.15) is 0 Å². The average Bonchev–Trinajstić information content (AvgIpc) is 2.37. The number of carbonyl (C=O) groups excluding carboxylic acids is 1.